The molecule has 2 rings (SSSR count). The van der Waals surface area contributed by atoms with Gasteiger partial charge in [0.15, 0.2) is 12.4 Å². The van der Waals surface area contributed by atoms with Gasteiger partial charge in [-0.05, 0) is 37.1 Å². The highest BCUT2D eigenvalue weighted by Gasteiger charge is 2.27. The molecule has 0 atom stereocenters. The van der Waals surface area contributed by atoms with Crippen molar-refractivity contribution in [3.8, 4) is 0 Å². The van der Waals surface area contributed by atoms with E-state index in [-0.39, 0.29) is 30.2 Å². The molecule has 0 aromatic heterocycles. The zero-order chi connectivity index (χ0) is 15.2. The van der Waals surface area contributed by atoms with Crippen molar-refractivity contribution in [2.45, 2.75) is 32.6 Å². The molecule has 0 heterocycles. The molecular formula is C16H19NO4. The smallest absolute Gasteiger partial charge is 0.309 e. The first-order chi connectivity index (χ1) is 10.1. The van der Waals surface area contributed by atoms with Crippen LogP contribution in [0.4, 0.5) is 5.69 Å². The number of anilines is 1. The van der Waals surface area contributed by atoms with E-state index in [9.17, 15) is 14.4 Å². The summed E-state index contributed by atoms with van der Waals surface area (Å²) in [5.41, 5.74) is 1.11. The largest absolute Gasteiger partial charge is 0.457 e. The fourth-order valence-electron chi connectivity index (χ4n) is 1.97. The molecule has 1 N–H and O–H groups in total. The van der Waals surface area contributed by atoms with Gasteiger partial charge in [-0.3, -0.25) is 14.4 Å². The Balaban J connectivity index is 1.84. The van der Waals surface area contributed by atoms with Crippen molar-refractivity contribution in [1.82, 2.24) is 0 Å². The molecule has 1 aliphatic rings. The monoisotopic (exact) mass is 289 g/mol. The Morgan fingerprint density at radius 2 is 1.86 bits per heavy atom. The van der Waals surface area contributed by atoms with E-state index in [4.69, 9.17) is 4.74 Å². The summed E-state index contributed by atoms with van der Waals surface area (Å²) in [5.74, 6) is -0.620. The first-order valence-electron chi connectivity index (χ1n) is 7.20. The molecule has 1 fully saturated rings. The van der Waals surface area contributed by atoms with Crippen LogP contribution in [0, 0.1) is 5.92 Å². The lowest BCUT2D eigenvalue weighted by Crippen LogP contribution is -2.26. The lowest BCUT2D eigenvalue weighted by molar-refractivity contribution is -0.150. The van der Waals surface area contributed by atoms with Crippen LogP contribution in [0.5, 0.6) is 0 Å². The molecule has 1 aromatic rings. The third kappa shape index (κ3) is 4.15. The number of carbonyl (C=O) groups excluding carboxylic acids is 3. The predicted molar refractivity (Wildman–Crippen MR) is 78.0 cm³/mol. The average molecular weight is 289 g/mol. The third-order valence-electron chi connectivity index (χ3n) is 3.60. The Hall–Kier alpha value is -2.17. The number of rotatable bonds is 6. The lowest BCUT2D eigenvalue weighted by Gasteiger charge is -2.22. The average Bonchev–Trinajstić information content (AvgIpc) is 2.43. The summed E-state index contributed by atoms with van der Waals surface area (Å²) in [6.45, 7) is 1.54. The minimum absolute atomic E-state index is 0.0237. The van der Waals surface area contributed by atoms with Gasteiger partial charge in [0.05, 0.1) is 5.92 Å². The second kappa shape index (κ2) is 7.02. The molecule has 1 saturated carbocycles. The summed E-state index contributed by atoms with van der Waals surface area (Å²) < 4.78 is 5.02. The first kappa shape index (κ1) is 15.2. The molecule has 5 nitrogen and oxygen atoms in total. The van der Waals surface area contributed by atoms with Crippen molar-refractivity contribution in [2.24, 2.45) is 5.92 Å². The Morgan fingerprint density at radius 3 is 2.38 bits per heavy atom. The van der Waals surface area contributed by atoms with E-state index < -0.39 is 0 Å². The number of benzene rings is 1. The Bertz CT molecular complexity index is 532. The minimum atomic E-state index is -0.276. The van der Waals surface area contributed by atoms with E-state index in [1.165, 1.54) is 0 Å². The van der Waals surface area contributed by atoms with E-state index in [0.29, 0.717) is 17.7 Å². The Morgan fingerprint density at radius 1 is 1.19 bits per heavy atom. The topological polar surface area (TPSA) is 72.5 Å². The van der Waals surface area contributed by atoms with Crippen LogP contribution in [0.25, 0.3) is 0 Å². The van der Waals surface area contributed by atoms with Crippen molar-refractivity contribution < 1.29 is 19.1 Å². The lowest BCUT2D eigenvalue weighted by atomic mass is 9.86. The molecule has 0 unspecified atom stereocenters. The maximum atomic E-state index is 11.9. The molecular weight excluding hydrogens is 270 g/mol. The zero-order valence-corrected chi connectivity index (χ0v) is 12.1. The molecule has 112 valence electrons. The molecule has 1 amide bonds. The van der Waals surface area contributed by atoms with Gasteiger partial charge in [0.2, 0.25) is 5.91 Å². The van der Waals surface area contributed by atoms with Crippen LogP contribution in [-0.4, -0.2) is 24.3 Å². The number of ether oxygens (including phenoxy) is 1. The zero-order valence-electron chi connectivity index (χ0n) is 12.1. The fourth-order valence-corrected chi connectivity index (χ4v) is 1.97. The number of nitrogens with one attached hydrogen (secondary N) is 1. The van der Waals surface area contributed by atoms with Gasteiger partial charge in [-0.25, -0.2) is 0 Å². The van der Waals surface area contributed by atoms with Crippen LogP contribution in [-0.2, 0) is 14.3 Å². The summed E-state index contributed by atoms with van der Waals surface area (Å²) in [6.07, 6.45) is 3.17. The van der Waals surface area contributed by atoms with Crippen LogP contribution in [0.1, 0.15) is 43.0 Å². The van der Waals surface area contributed by atoms with Gasteiger partial charge in [0, 0.05) is 17.7 Å². The number of hydrogen-bond donors (Lipinski definition) is 1. The number of ketones is 1. The summed E-state index contributed by atoms with van der Waals surface area (Å²) in [6, 6.07) is 6.55. The summed E-state index contributed by atoms with van der Waals surface area (Å²) in [7, 11) is 0. The maximum absolute atomic E-state index is 11.9. The Labute approximate surface area is 123 Å². The predicted octanol–water partition coefficient (Wildman–Crippen LogP) is 2.56. The van der Waals surface area contributed by atoms with Gasteiger partial charge in [-0.15, -0.1) is 0 Å². The van der Waals surface area contributed by atoms with Crippen LogP contribution >= 0.6 is 0 Å². The standard InChI is InChI=1S/C16H19NO4/c1-2-15(19)17-13-8-6-11(7-9-13)14(18)10-21-16(20)12-4-3-5-12/h6-9,12H,2-5,10H2,1H3,(H,17,19). The van der Waals surface area contributed by atoms with E-state index in [1.807, 2.05) is 0 Å². The molecule has 5 heteroatoms. The molecule has 21 heavy (non-hydrogen) atoms. The van der Waals surface area contributed by atoms with Gasteiger partial charge >= 0.3 is 5.97 Å². The molecule has 0 saturated heterocycles. The van der Waals surface area contributed by atoms with E-state index in [1.54, 1.807) is 31.2 Å². The van der Waals surface area contributed by atoms with Crippen LogP contribution < -0.4 is 5.32 Å². The van der Waals surface area contributed by atoms with Crippen molar-refractivity contribution in [2.75, 3.05) is 11.9 Å². The fraction of sp³-hybridized carbons (Fsp3) is 0.438. The van der Waals surface area contributed by atoms with Crippen LogP contribution in [0.15, 0.2) is 24.3 Å². The van der Waals surface area contributed by atoms with Gasteiger partial charge < -0.3 is 10.1 Å². The SMILES string of the molecule is CCC(=O)Nc1ccc(C(=O)COC(=O)C2CCC2)cc1. The summed E-state index contributed by atoms with van der Waals surface area (Å²) in [5, 5.41) is 2.70. The number of Topliss-reactive ketones (excluding diaryl/α,β-unsaturated/α-hetero) is 1. The third-order valence-corrected chi connectivity index (χ3v) is 3.60. The molecule has 0 spiro atoms. The molecule has 1 aliphatic carbocycles. The molecule has 0 radical (unpaired) electrons. The van der Waals surface area contributed by atoms with Crippen molar-refractivity contribution in [3.63, 3.8) is 0 Å². The number of amides is 1. The molecule has 1 aromatic carbocycles. The van der Waals surface area contributed by atoms with E-state index >= 15 is 0 Å². The van der Waals surface area contributed by atoms with Crippen LogP contribution in [0.3, 0.4) is 0 Å². The number of hydrogen-bond acceptors (Lipinski definition) is 4. The highest BCUT2D eigenvalue weighted by Crippen LogP contribution is 2.27. The first-order valence-corrected chi connectivity index (χ1v) is 7.20. The van der Waals surface area contributed by atoms with E-state index in [0.717, 1.165) is 19.3 Å². The normalized spacial score (nSPS) is 14.1. The highest BCUT2D eigenvalue weighted by atomic mass is 16.5. The highest BCUT2D eigenvalue weighted by molar-refractivity contribution is 5.98. The van der Waals surface area contributed by atoms with E-state index in [2.05, 4.69) is 5.32 Å². The van der Waals surface area contributed by atoms with Gasteiger partial charge in [0.25, 0.3) is 0 Å². The minimum Gasteiger partial charge on any atom is -0.457 e. The second-order valence-electron chi connectivity index (χ2n) is 5.14. The number of esters is 1. The van der Waals surface area contributed by atoms with Crippen molar-refractivity contribution in [1.29, 1.82) is 0 Å². The van der Waals surface area contributed by atoms with Gasteiger partial charge in [-0.1, -0.05) is 13.3 Å². The Kier molecular flexibility index (Phi) is 5.09. The quantitative estimate of drug-likeness (QED) is 0.645. The van der Waals surface area contributed by atoms with Crippen molar-refractivity contribution in [3.05, 3.63) is 29.8 Å². The molecule has 0 aliphatic heterocycles. The molecule has 0 bridgehead atoms. The summed E-state index contributed by atoms with van der Waals surface area (Å²) in [4.78, 5) is 34.7. The van der Waals surface area contributed by atoms with Gasteiger partial charge in [-0.2, -0.15) is 0 Å². The maximum Gasteiger partial charge on any atom is 0.309 e. The van der Waals surface area contributed by atoms with Crippen molar-refractivity contribution >= 4 is 23.3 Å². The van der Waals surface area contributed by atoms with Crippen LogP contribution in [0.2, 0.25) is 0 Å². The van der Waals surface area contributed by atoms with Gasteiger partial charge in [0.1, 0.15) is 0 Å². The second-order valence-corrected chi connectivity index (χ2v) is 5.14. The summed E-state index contributed by atoms with van der Waals surface area (Å²) >= 11 is 0. The number of carbonyl (C=O) groups is 3.